The smallest absolute Gasteiger partial charge is 0.338 e. The molecule has 8 heteroatoms. The number of hydrogen-bond acceptors (Lipinski definition) is 4. The third kappa shape index (κ3) is 5.35. The molecule has 2 N–H and O–H groups in total. The Balaban J connectivity index is 1.43. The molecular weight excluding hydrogens is 547 g/mol. The van der Waals surface area contributed by atoms with Gasteiger partial charge in [-0.3, -0.25) is 19.1 Å². The highest BCUT2D eigenvalue weighted by molar-refractivity contribution is 7.53. The summed E-state index contributed by atoms with van der Waals surface area (Å²) >= 11 is 0. The largest absolute Gasteiger partial charge is 0.371 e. The molecule has 0 saturated carbocycles. The predicted octanol–water partition coefficient (Wildman–Crippen LogP) is 6.34. The summed E-state index contributed by atoms with van der Waals surface area (Å²) in [7, 11) is -5.04. The molecule has 0 spiro atoms. The number of hydrogen-bond donors (Lipinski definition) is 2. The zero-order chi connectivity index (χ0) is 29.3. The van der Waals surface area contributed by atoms with Gasteiger partial charge in [-0.25, -0.2) is 0 Å². The number of benzene rings is 5. The van der Waals surface area contributed by atoms with Crippen LogP contribution in [-0.2, 0) is 14.2 Å². The van der Waals surface area contributed by atoms with E-state index in [9.17, 15) is 23.9 Å². The topological polar surface area (TPSA) is 98.2 Å². The first-order chi connectivity index (χ1) is 20.3. The van der Waals surface area contributed by atoms with Crippen molar-refractivity contribution < 1.29 is 23.9 Å². The van der Waals surface area contributed by atoms with Crippen LogP contribution in [0.4, 0.5) is 11.4 Å². The first-order valence-corrected chi connectivity index (χ1v) is 15.6. The lowest BCUT2D eigenvalue weighted by molar-refractivity contribution is -0.122. The molecule has 7 nitrogen and oxygen atoms in total. The molecule has 5 aromatic carbocycles. The normalized spacial score (nSPS) is 18.1. The molecule has 0 bridgehead atoms. The summed E-state index contributed by atoms with van der Waals surface area (Å²) in [6, 6.07) is 36.2. The highest BCUT2D eigenvalue weighted by atomic mass is 31.2. The number of rotatable bonds is 7. The van der Waals surface area contributed by atoms with Gasteiger partial charge in [0.25, 0.3) is 0 Å². The second kappa shape index (κ2) is 11.5. The number of nitrogens with zero attached hydrogens (tertiary/aromatic N) is 2. The number of amides is 2. The molecule has 5 aromatic rings. The SMILES string of the molecule is O=CN(C(=O)C(C1CN(c2cccc3ccccc23)CCC1c1ccccc1)P(=O)(O)O)c1ccc2ccccc2c1. The number of fused-ring (bicyclic) bond motifs is 2. The molecule has 2 amide bonds. The average Bonchev–Trinajstić information content (AvgIpc) is 3.01. The van der Waals surface area contributed by atoms with E-state index in [0.717, 1.165) is 37.7 Å². The van der Waals surface area contributed by atoms with Gasteiger partial charge in [-0.1, -0.05) is 97.1 Å². The number of anilines is 2. The molecule has 1 saturated heterocycles. The van der Waals surface area contributed by atoms with Crippen molar-refractivity contribution in [3.05, 3.63) is 121 Å². The minimum Gasteiger partial charge on any atom is -0.371 e. The Hall–Kier alpha value is -4.29. The van der Waals surface area contributed by atoms with Gasteiger partial charge in [-0.2, -0.15) is 0 Å². The molecule has 3 unspecified atom stereocenters. The molecule has 0 aliphatic carbocycles. The monoisotopic (exact) mass is 578 g/mol. The van der Waals surface area contributed by atoms with E-state index in [-0.39, 0.29) is 18.2 Å². The summed E-state index contributed by atoms with van der Waals surface area (Å²) in [5.41, 5.74) is 0.403. The molecule has 0 aromatic heterocycles. The maximum Gasteiger partial charge on any atom is 0.338 e. The number of carbonyl (C=O) groups is 2. The maximum atomic E-state index is 14.2. The lowest BCUT2D eigenvalue weighted by atomic mass is 9.78. The van der Waals surface area contributed by atoms with Gasteiger partial charge in [0.05, 0.1) is 5.69 Å². The summed E-state index contributed by atoms with van der Waals surface area (Å²) in [4.78, 5) is 51.1. The molecule has 212 valence electrons. The zero-order valence-electron chi connectivity index (χ0n) is 22.9. The van der Waals surface area contributed by atoms with E-state index >= 15 is 0 Å². The van der Waals surface area contributed by atoms with Crippen LogP contribution in [0.15, 0.2) is 115 Å². The van der Waals surface area contributed by atoms with E-state index in [1.807, 2.05) is 97.1 Å². The van der Waals surface area contributed by atoms with Crippen molar-refractivity contribution in [2.75, 3.05) is 22.9 Å². The second-order valence-corrected chi connectivity index (χ2v) is 12.5. The van der Waals surface area contributed by atoms with Crippen LogP contribution in [-0.4, -0.2) is 40.9 Å². The van der Waals surface area contributed by atoms with E-state index in [1.54, 1.807) is 18.2 Å². The van der Waals surface area contributed by atoms with Crippen LogP contribution >= 0.6 is 7.60 Å². The van der Waals surface area contributed by atoms with Crippen LogP contribution < -0.4 is 9.80 Å². The molecule has 1 heterocycles. The van der Waals surface area contributed by atoms with Gasteiger partial charge in [0.2, 0.25) is 12.3 Å². The zero-order valence-corrected chi connectivity index (χ0v) is 23.8. The Morgan fingerprint density at radius 2 is 1.50 bits per heavy atom. The number of carbonyl (C=O) groups excluding carboxylic acids is 2. The van der Waals surface area contributed by atoms with Crippen molar-refractivity contribution >= 4 is 52.8 Å². The number of piperidine rings is 1. The van der Waals surface area contributed by atoms with E-state index in [4.69, 9.17) is 0 Å². The molecule has 1 aliphatic heterocycles. The van der Waals surface area contributed by atoms with Gasteiger partial charge in [0, 0.05) is 30.1 Å². The van der Waals surface area contributed by atoms with Crippen LogP contribution in [0.2, 0.25) is 0 Å². The fraction of sp³-hybridized carbons (Fsp3) is 0.176. The van der Waals surface area contributed by atoms with Crippen molar-refractivity contribution in [1.29, 1.82) is 0 Å². The third-order valence-corrected chi connectivity index (χ3v) is 9.70. The first-order valence-electron chi connectivity index (χ1n) is 14.0. The average molecular weight is 579 g/mol. The molecule has 1 aliphatic rings. The Labute approximate surface area is 244 Å². The Morgan fingerprint density at radius 3 is 2.24 bits per heavy atom. The molecule has 42 heavy (non-hydrogen) atoms. The van der Waals surface area contributed by atoms with Crippen molar-refractivity contribution in [2.24, 2.45) is 5.92 Å². The Kier molecular flexibility index (Phi) is 7.65. The molecular formula is C34H31N2O5P. The van der Waals surface area contributed by atoms with Gasteiger partial charge >= 0.3 is 7.60 Å². The van der Waals surface area contributed by atoms with Gasteiger partial charge in [-0.15, -0.1) is 0 Å². The standard InChI is InChI=1S/C34H31N2O5P/c37-23-36(28-18-17-24-9-4-5-13-27(24)21-28)34(38)33(42(39,40)41)31-22-35(20-19-29(31)25-10-2-1-3-11-25)32-16-8-14-26-12-6-7-15-30(26)32/h1-18,21,23,29,31,33H,19-20,22H2,(H2,39,40,41). The van der Waals surface area contributed by atoms with Gasteiger partial charge in [0.1, 0.15) is 5.66 Å². The van der Waals surface area contributed by atoms with E-state index < -0.39 is 25.1 Å². The van der Waals surface area contributed by atoms with Crippen molar-refractivity contribution in [1.82, 2.24) is 0 Å². The summed E-state index contributed by atoms with van der Waals surface area (Å²) in [5, 5.41) is 3.82. The molecule has 6 rings (SSSR count). The quantitative estimate of drug-likeness (QED) is 0.173. The van der Waals surface area contributed by atoms with Crippen molar-refractivity contribution in [3.8, 4) is 0 Å². The Morgan fingerprint density at radius 1 is 0.833 bits per heavy atom. The van der Waals surface area contributed by atoms with Crippen LogP contribution in [0.5, 0.6) is 0 Å². The number of imide groups is 1. The van der Waals surface area contributed by atoms with Gasteiger partial charge in [0.15, 0.2) is 0 Å². The fourth-order valence-electron chi connectivity index (χ4n) is 6.40. The van der Waals surface area contributed by atoms with Crippen LogP contribution in [0.25, 0.3) is 21.5 Å². The van der Waals surface area contributed by atoms with Crippen LogP contribution in [0.3, 0.4) is 0 Å². The van der Waals surface area contributed by atoms with Gasteiger partial charge < -0.3 is 14.7 Å². The van der Waals surface area contributed by atoms with E-state index in [0.29, 0.717) is 19.4 Å². The molecule has 3 atom stereocenters. The molecule has 1 fully saturated rings. The lowest BCUT2D eigenvalue weighted by Crippen LogP contribution is -2.50. The minimum atomic E-state index is -5.04. The Bertz CT molecular complexity index is 1800. The lowest BCUT2D eigenvalue weighted by Gasteiger charge is -2.43. The first kappa shape index (κ1) is 27.9. The highest BCUT2D eigenvalue weighted by Crippen LogP contribution is 2.52. The maximum absolute atomic E-state index is 14.2. The summed E-state index contributed by atoms with van der Waals surface area (Å²) in [5.74, 6) is -1.97. The van der Waals surface area contributed by atoms with Crippen molar-refractivity contribution in [2.45, 2.75) is 18.0 Å². The second-order valence-electron chi connectivity index (χ2n) is 10.8. The van der Waals surface area contributed by atoms with E-state index in [2.05, 4.69) is 4.90 Å². The van der Waals surface area contributed by atoms with E-state index in [1.165, 1.54) is 0 Å². The van der Waals surface area contributed by atoms with Crippen LogP contribution in [0.1, 0.15) is 17.9 Å². The van der Waals surface area contributed by atoms with Gasteiger partial charge in [-0.05, 0) is 52.3 Å². The third-order valence-electron chi connectivity index (χ3n) is 8.37. The predicted molar refractivity (Wildman–Crippen MR) is 167 cm³/mol. The highest BCUT2D eigenvalue weighted by Gasteiger charge is 2.49. The van der Waals surface area contributed by atoms with Crippen molar-refractivity contribution in [3.63, 3.8) is 0 Å². The van der Waals surface area contributed by atoms with Crippen LogP contribution in [0, 0.1) is 5.92 Å². The summed E-state index contributed by atoms with van der Waals surface area (Å²) in [6.07, 6.45) is 0.941. The summed E-state index contributed by atoms with van der Waals surface area (Å²) < 4.78 is 13.3. The molecule has 0 radical (unpaired) electrons. The minimum absolute atomic E-state index is 0.236. The summed E-state index contributed by atoms with van der Waals surface area (Å²) in [6.45, 7) is 0.883. The fourth-order valence-corrected chi connectivity index (χ4v) is 7.62.